The molecule has 0 bridgehead atoms. The van der Waals surface area contributed by atoms with Crippen LogP contribution in [0, 0.1) is 0 Å². The summed E-state index contributed by atoms with van der Waals surface area (Å²) in [6.07, 6.45) is 3.29. The Hall–Kier alpha value is -1.10. The SMILES string of the molecule is CCCC(CC)Nc1nnc(C(C)N)o1. The van der Waals surface area contributed by atoms with Crippen LogP contribution < -0.4 is 11.1 Å². The lowest BCUT2D eigenvalue weighted by Gasteiger charge is -2.13. The van der Waals surface area contributed by atoms with Gasteiger partial charge in [0, 0.05) is 6.04 Å². The van der Waals surface area contributed by atoms with Crippen LogP contribution in [0.2, 0.25) is 0 Å². The molecular weight excluding hydrogens is 192 g/mol. The van der Waals surface area contributed by atoms with Gasteiger partial charge in [0.1, 0.15) is 0 Å². The molecule has 0 fully saturated rings. The van der Waals surface area contributed by atoms with Crippen LogP contribution in [0.3, 0.4) is 0 Å². The first kappa shape index (κ1) is 12.0. The van der Waals surface area contributed by atoms with E-state index < -0.39 is 0 Å². The van der Waals surface area contributed by atoms with Gasteiger partial charge in [-0.1, -0.05) is 25.4 Å². The van der Waals surface area contributed by atoms with Gasteiger partial charge in [-0.3, -0.25) is 0 Å². The second-order valence-corrected chi connectivity index (χ2v) is 3.77. The molecule has 1 rings (SSSR count). The molecule has 0 spiro atoms. The molecule has 0 aliphatic rings. The Bertz CT molecular complexity index is 285. The number of nitrogens with two attached hydrogens (primary N) is 1. The highest BCUT2D eigenvalue weighted by molar-refractivity contribution is 5.19. The largest absolute Gasteiger partial charge is 0.406 e. The van der Waals surface area contributed by atoms with Gasteiger partial charge in [0.05, 0.1) is 6.04 Å². The first-order chi connectivity index (χ1) is 7.17. The molecule has 0 aliphatic heterocycles. The third kappa shape index (κ3) is 3.51. The second-order valence-electron chi connectivity index (χ2n) is 3.77. The molecule has 5 heteroatoms. The minimum absolute atomic E-state index is 0.209. The van der Waals surface area contributed by atoms with Crippen molar-refractivity contribution in [2.75, 3.05) is 5.32 Å². The number of nitrogens with one attached hydrogen (secondary N) is 1. The molecule has 0 saturated heterocycles. The second kappa shape index (κ2) is 5.70. The van der Waals surface area contributed by atoms with Gasteiger partial charge in [0.25, 0.3) is 0 Å². The van der Waals surface area contributed by atoms with Crippen molar-refractivity contribution in [3.8, 4) is 0 Å². The van der Waals surface area contributed by atoms with E-state index in [9.17, 15) is 0 Å². The van der Waals surface area contributed by atoms with E-state index in [1.54, 1.807) is 0 Å². The quantitative estimate of drug-likeness (QED) is 0.755. The summed E-state index contributed by atoms with van der Waals surface area (Å²) in [6, 6.07) is 0.665. The van der Waals surface area contributed by atoms with Crippen LogP contribution in [0.25, 0.3) is 0 Å². The Morgan fingerprint density at radius 2 is 2.13 bits per heavy atom. The minimum atomic E-state index is -0.209. The molecule has 0 aromatic carbocycles. The zero-order chi connectivity index (χ0) is 11.3. The standard InChI is InChI=1S/C10H20N4O/c1-4-6-8(5-2)12-10-14-13-9(15-10)7(3)11/h7-8H,4-6,11H2,1-3H3,(H,12,14). The van der Waals surface area contributed by atoms with Gasteiger partial charge >= 0.3 is 6.01 Å². The van der Waals surface area contributed by atoms with Gasteiger partial charge < -0.3 is 15.5 Å². The van der Waals surface area contributed by atoms with Crippen molar-refractivity contribution in [3.05, 3.63) is 5.89 Å². The molecule has 2 atom stereocenters. The predicted octanol–water partition coefficient (Wildman–Crippen LogP) is 2.08. The lowest BCUT2D eigenvalue weighted by molar-refractivity contribution is 0.464. The Balaban J connectivity index is 2.55. The minimum Gasteiger partial charge on any atom is -0.406 e. The maximum Gasteiger partial charge on any atom is 0.315 e. The summed E-state index contributed by atoms with van der Waals surface area (Å²) in [7, 11) is 0. The van der Waals surface area contributed by atoms with E-state index in [1.165, 1.54) is 0 Å². The molecule has 1 aromatic rings. The lowest BCUT2D eigenvalue weighted by Crippen LogP contribution is -2.18. The molecule has 86 valence electrons. The number of hydrogen-bond donors (Lipinski definition) is 2. The molecule has 3 N–H and O–H groups in total. The number of aromatic nitrogens is 2. The van der Waals surface area contributed by atoms with Crippen LogP contribution in [0.15, 0.2) is 4.42 Å². The van der Waals surface area contributed by atoms with Gasteiger partial charge in [0.2, 0.25) is 5.89 Å². The van der Waals surface area contributed by atoms with Gasteiger partial charge in [-0.15, -0.1) is 5.10 Å². The fraction of sp³-hybridized carbons (Fsp3) is 0.800. The van der Waals surface area contributed by atoms with Crippen LogP contribution in [0.4, 0.5) is 6.01 Å². The van der Waals surface area contributed by atoms with Crippen LogP contribution in [-0.4, -0.2) is 16.2 Å². The summed E-state index contributed by atoms with van der Waals surface area (Å²) in [6.45, 7) is 6.11. The molecule has 15 heavy (non-hydrogen) atoms. The van der Waals surface area contributed by atoms with Crippen molar-refractivity contribution in [2.45, 2.75) is 52.1 Å². The molecule has 0 radical (unpaired) electrons. The van der Waals surface area contributed by atoms with Gasteiger partial charge in [-0.05, 0) is 19.8 Å². The summed E-state index contributed by atoms with van der Waals surface area (Å²) in [5, 5.41) is 11.0. The topological polar surface area (TPSA) is 77.0 Å². The molecule has 1 heterocycles. The average molecular weight is 212 g/mol. The van der Waals surface area contributed by atoms with Gasteiger partial charge in [-0.2, -0.15) is 0 Å². The average Bonchev–Trinajstić information content (AvgIpc) is 2.65. The molecule has 1 aromatic heterocycles. The van der Waals surface area contributed by atoms with Crippen molar-refractivity contribution >= 4 is 6.01 Å². The first-order valence-corrected chi connectivity index (χ1v) is 5.52. The summed E-state index contributed by atoms with van der Waals surface area (Å²) in [4.78, 5) is 0. The van der Waals surface area contributed by atoms with Crippen LogP contribution >= 0.6 is 0 Å². The highest BCUT2D eigenvalue weighted by Crippen LogP contribution is 2.14. The Labute approximate surface area is 90.4 Å². The van der Waals surface area contributed by atoms with E-state index in [1.807, 2.05) is 6.92 Å². The van der Waals surface area contributed by atoms with Crippen molar-refractivity contribution in [1.82, 2.24) is 10.2 Å². The number of nitrogens with zero attached hydrogens (tertiary/aromatic N) is 2. The normalized spacial score (nSPS) is 14.9. The zero-order valence-electron chi connectivity index (χ0n) is 9.66. The monoisotopic (exact) mass is 212 g/mol. The summed E-state index contributed by atoms with van der Waals surface area (Å²) in [5.41, 5.74) is 5.63. The van der Waals surface area contributed by atoms with E-state index >= 15 is 0 Å². The lowest BCUT2D eigenvalue weighted by atomic mass is 10.1. The van der Waals surface area contributed by atoms with Crippen LogP contribution in [-0.2, 0) is 0 Å². The van der Waals surface area contributed by atoms with Crippen molar-refractivity contribution < 1.29 is 4.42 Å². The van der Waals surface area contributed by atoms with E-state index in [2.05, 4.69) is 29.4 Å². The molecular formula is C10H20N4O. The van der Waals surface area contributed by atoms with E-state index in [0.717, 1.165) is 19.3 Å². The fourth-order valence-corrected chi connectivity index (χ4v) is 1.38. The number of anilines is 1. The summed E-state index contributed by atoms with van der Waals surface area (Å²) in [5.74, 6) is 0.476. The van der Waals surface area contributed by atoms with E-state index in [0.29, 0.717) is 17.9 Å². The molecule has 0 saturated carbocycles. The summed E-state index contributed by atoms with van der Waals surface area (Å²) < 4.78 is 5.37. The van der Waals surface area contributed by atoms with Gasteiger partial charge in [0.15, 0.2) is 0 Å². The third-order valence-corrected chi connectivity index (χ3v) is 2.29. The summed E-state index contributed by atoms with van der Waals surface area (Å²) >= 11 is 0. The van der Waals surface area contributed by atoms with E-state index in [4.69, 9.17) is 10.2 Å². The van der Waals surface area contributed by atoms with Crippen LogP contribution in [0.5, 0.6) is 0 Å². The Kier molecular flexibility index (Phi) is 4.55. The molecule has 0 amide bonds. The number of rotatable bonds is 6. The molecule has 0 aliphatic carbocycles. The highest BCUT2D eigenvalue weighted by atomic mass is 16.4. The third-order valence-electron chi connectivity index (χ3n) is 2.29. The Morgan fingerprint density at radius 1 is 1.40 bits per heavy atom. The zero-order valence-corrected chi connectivity index (χ0v) is 9.66. The van der Waals surface area contributed by atoms with Crippen molar-refractivity contribution in [3.63, 3.8) is 0 Å². The van der Waals surface area contributed by atoms with Crippen molar-refractivity contribution in [1.29, 1.82) is 0 Å². The fourth-order valence-electron chi connectivity index (χ4n) is 1.38. The Morgan fingerprint density at radius 3 is 2.60 bits per heavy atom. The van der Waals surface area contributed by atoms with E-state index in [-0.39, 0.29) is 6.04 Å². The molecule has 5 nitrogen and oxygen atoms in total. The first-order valence-electron chi connectivity index (χ1n) is 5.52. The number of hydrogen-bond acceptors (Lipinski definition) is 5. The maximum atomic E-state index is 5.63. The molecule has 2 unspecified atom stereocenters. The maximum absolute atomic E-state index is 5.63. The van der Waals surface area contributed by atoms with Gasteiger partial charge in [-0.25, -0.2) is 0 Å². The smallest absolute Gasteiger partial charge is 0.315 e. The van der Waals surface area contributed by atoms with Crippen molar-refractivity contribution in [2.24, 2.45) is 5.73 Å². The highest BCUT2D eigenvalue weighted by Gasteiger charge is 2.12. The van der Waals surface area contributed by atoms with Crippen LogP contribution in [0.1, 0.15) is 52.0 Å². The predicted molar refractivity (Wildman–Crippen MR) is 59.5 cm³/mol.